The molecule has 0 radical (unpaired) electrons. The van der Waals surface area contributed by atoms with E-state index in [-0.39, 0.29) is 22.9 Å². The van der Waals surface area contributed by atoms with Gasteiger partial charge in [-0.05, 0) is 42.9 Å². The fourth-order valence-corrected chi connectivity index (χ4v) is 6.03. The minimum Gasteiger partial charge on any atom is -0.325 e. The van der Waals surface area contributed by atoms with Crippen molar-refractivity contribution in [1.29, 1.82) is 0 Å². The molecular formula is C22H22N4O4S2. The molecule has 2 heterocycles. The van der Waals surface area contributed by atoms with Crippen molar-refractivity contribution in [2.24, 2.45) is 5.92 Å². The molecule has 10 heteroatoms. The van der Waals surface area contributed by atoms with Crippen molar-refractivity contribution in [3.63, 3.8) is 0 Å². The fraction of sp³-hybridized carbons (Fsp3) is 0.318. The SMILES string of the molecule is C=CCn1c(SCC(=O)Nc2ccc([N+](=O)[O-])cc2)nc2sc3c(c2c1=O)CCC(C)C3. The van der Waals surface area contributed by atoms with Gasteiger partial charge in [-0.25, -0.2) is 4.98 Å². The number of nitro benzene ring substituents is 1. The average molecular weight is 471 g/mol. The molecule has 1 N–H and O–H groups in total. The summed E-state index contributed by atoms with van der Waals surface area (Å²) in [4.78, 5) is 42.7. The smallest absolute Gasteiger partial charge is 0.269 e. The molecule has 8 nitrogen and oxygen atoms in total. The summed E-state index contributed by atoms with van der Waals surface area (Å²) in [5.41, 5.74) is 1.47. The lowest BCUT2D eigenvalue weighted by molar-refractivity contribution is -0.384. The van der Waals surface area contributed by atoms with E-state index in [4.69, 9.17) is 4.98 Å². The van der Waals surface area contributed by atoms with E-state index < -0.39 is 4.92 Å². The molecule has 0 aliphatic heterocycles. The van der Waals surface area contributed by atoms with Crippen molar-refractivity contribution < 1.29 is 9.72 Å². The van der Waals surface area contributed by atoms with Crippen molar-refractivity contribution in [1.82, 2.24) is 9.55 Å². The fourth-order valence-electron chi connectivity index (χ4n) is 3.80. The molecule has 0 fully saturated rings. The molecular weight excluding hydrogens is 448 g/mol. The normalized spacial score (nSPS) is 15.3. The molecule has 32 heavy (non-hydrogen) atoms. The average Bonchev–Trinajstić information content (AvgIpc) is 3.12. The first-order chi connectivity index (χ1) is 15.4. The third kappa shape index (κ3) is 4.46. The number of benzene rings is 1. The molecule has 3 aromatic rings. The van der Waals surface area contributed by atoms with Crippen molar-refractivity contribution in [3.05, 3.63) is 67.8 Å². The number of nitrogens with zero attached hydrogens (tertiary/aromatic N) is 3. The highest BCUT2D eigenvalue weighted by atomic mass is 32.2. The predicted octanol–water partition coefficient (Wildman–Crippen LogP) is 4.41. The number of allylic oxidation sites excluding steroid dienone is 1. The van der Waals surface area contributed by atoms with Crippen molar-refractivity contribution in [2.75, 3.05) is 11.1 Å². The van der Waals surface area contributed by atoms with E-state index in [1.807, 2.05) is 0 Å². The van der Waals surface area contributed by atoms with Crippen molar-refractivity contribution in [3.8, 4) is 0 Å². The molecule has 1 aliphatic carbocycles. The van der Waals surface area contributed by atoms with Crippen LogP contribution >= 0.6 is 23.1 Å². The third-order valence-electron chi connectivity index (χ3n) is 5.39. The Balaban J connectivity index is 1.56. The highest BCUT2D eigenvalue weighted by Gasteiger charge is 2.24. The minimum absolute atomic E-state index is 0.0450. The molecule has 0 spiro atoms. The van der Waals surface area contributed by atoms with E-state index in [1.54, 1.807) is 22.0 Å². The second-order valence-electron chi connectivity index (χ2n) is 7.77. The predicted molar refractivity (Wildman–Crippen MR) is 128 cm³/mol. The lowest BCUT2D eigenvalue weighted by atomic mass is 9.89. The number of nitro groups is 1. The van der Waals surface area contributed by atoms with Crippen LogP contribution < -0.4 is 10.9 Å². The molecule has 0 saturated heterocycles. The van der Waals surface area contributed by atoms with Gasteiger partial charge >= 0.3 is 0 Å². The number of non-ortho nitro benzene ring substituents is 1. The van der Waals surface area contributed by atoms with E-state index >= 15 is 0 Å². The first-order valence-electron chi connectivity index (χ1n) is 10.2. The quantitative estimate of drug-likeness (QED) is 0.180. The molecule has 166 valence electrons. The highest BCUT2D eigenvalue weighted by molar-refractivity contribution is 7.99. The van der Waals surface area contributed by atoms with Gasteiger partial charge in [0.1, 0.15) is 4.83 Å². The van der Waals surface area contributed by atoms with E-state index in [0.29, 0.717) is 28.7 Å². The third-order valence-corrected chi connectivity index (χ3v) is 7.51. The summed E-state index contributed by atoms with van der Waals surface area (Å²) >= 11 is 2.77. The van der Waals surface area contributed by atoms with Gasteiger partial charge in [-0.3, -0.25) is 24.3 Å². The monoisotopic (exact) mass is 470 g/mol. The second-order valence-corrected chi connectivity index (χ2v) is 9.80. The zero-order valence-corrected chi connectivity index (χ0v) is 19.1. The summed E-state index contributed by atoms with van der Waals surface area (Å²) in [6, 6.07) is 5.63. The Morgan fingerprint density at radius 3 is 2.88 bits per heavy atom. The van der Waals surface area contributed by atoms with Crippen LogP contribution in [0.4, 0.5) is 11.4 Å². The number of rotatable bonds is 7. The number of aromatic nitrogens is 2. The molecule has 2 aromatic heterocycles. The maximum Gasteiger partial charge on any atom is 0.269 e. The molecule has 1 unspecified atom stereocenters. The van der Waals surface area contributed by atoms with Gasteiger partial charge < -0.3 is 5.32 Å². The number of thiophene rings is 1. The number of thioether (sulfide) groups is 1. The number of fused-ring (bicyclic) bond motifs is 3. The van der Waals surface area contributed by atoms with Gasteiger partial charge in [0.05, 0.1) is 16.1 Å². The molecule has 0 bridgehead atoms. The maximum atomic E-state index is 13.3. The highest BCUT2D eigenvalue weighted by Crippen LogP contribution is 2.36. The van der Waals surface area contributed by atoms with Crippen LogP contribution in [-0.4, -0.2) is 26.1 Å². The summed E-state index contributed by atoms with van der Waals surface area (Å²) in [6.45, 7) is 6.29. The molecule has 0 saturated carbocycles. The van der Waals surface area contributed by atoms with E-state index in [9.17, 15) is 19.7 Å². The largest absolute Gasteiger partial charge is 0.325 e. The zero-order chi connectivity index (χ0) is 22.8. The van der Waals surface area contributed by atoms with Crippen LogP contribution in [0.1, 0.15) is 23.8 Å². The first kappa shape index (κ1) is 22.2. The zero-order valence-electron chi connectivity index (χ0n) is 17.5. The number of aryl methyl sites for hydroxylation is 1. The molecule has 4 rings (SSSR count). The van der Waals surface area contributed by atoms with Crippen LogP contribution in [0.5, 0.6) is 0 Å². The molecule has 1 aliphatic rings. The summed E-state index contributed by atoms with van der Waals surface area (Å²) in [5, 5.41) is 14.7. The Bertz CT molecular complexity index is 1260. The number of carbonyl (C=O) groups excluding carboxylic acids is 1. The number of hydrogen-bond acceptors (Lipinski definition) is 7. The molecule has 1 atom stereocenters. The number of carbonyl (C=O) groups is 1. The van der Waals surface area contributed by atoms with Crippen LogP contribution in [0.25, 0.3) is 10.2 Å². The number of hydrogen-bond donors (Lipinski definition) is 1. The van der Waals surface area contributed by atoms with Gasteiger partial charge in [-0.2, -0.15) is 0 Å². The van der Waals surface area contributed by atoms with Gasteiger partial charge in [-0.1, -0.05) is 24.8 Å². The van der Waals surface area contributed by atoms with Crippen LogP contribution in [0.3, 0.4) is 0 Å². The maximum absolute atomic E-state index is 13.3. The topological polar surface area (TPSA) is 107 Å². The summed E-state index contributed by atoms with van der Waals surface area (Å²) in [7, 11) is 0. The number of amides is 1. The van der Waals surface area contributed by atoms with Gasteiger partial charge in [0.2, 0.25) is 5.91 Å². The van der Waals surface area contributed by atoms with Crippen molar-refractivity contribution >= 4 is 50.6 Å². The van der Waals surface area contributed by atoms with Gasteiger partial charge in [0, 0.05) is 29.2 Å². The Hall–Kier alpha value is -2.98. The van der Waals surface area contributed by atoms with Gasteiger partial charge in [0.15, 0.2) is 5.16 Å². The lowest BCUT2D eigenvalue weighted by Crippen LogP contribution is -2.24. The standard InChI is InChI=1S/C22H22N4O4S2/c1-3-10-25-21(28)19-16-9-4-13(2)11-17(16)32-20(19)24-22(25)31-12-18(27)23-14-5-7-15(8-6-14)26(29)30/h3,5-8,13H,1,4,9-12H2,2H3,(H,23,27). The Kier molecular flexibility index (Phi) is 6.43. The van der Waals surface area contributed by atoms with Crippen LogP contribution in [0, 0.1) is 16.0 Å². The van der Waals surface area contributed by atoms with E-state index in [2.05, 4.69) is 18.8 Å². The van der Waals surface area contributed by atoms with E-state index in [1.165, 1.54) is 40.9 Å². The van der Waals surface area contributed by atoms with Crippen LogP contribution in [-0.2, 0) is 24.2 Å². The minimum atomic E-state index is -0.495. The Labute approximate surface area is 192 Å². The summed E-state index contributed by atoms with van der Waals surface area (Å²) < 4.78 is 1.57. The molecule has 1 amide bonds. The van der Waals surface area contributed by atoms with Gasteiger partial charge in [0.25, 0.3) is 11.2 Å². The van der Waals surface area contributed by atoms with Crippen LogP contribution in [0.15, 0.2) is 46.9 Å². The summed E-state index contributed by atoms with van der Waals surface area (Å²) in [5.74, 6) is 0.361. The van der Waals surface area contributed by atoms with Gasteiger partial charge in [-0.15, -0.1) is 17.9 Å². The summed E-state index contributed by atoms with van der Waals surface area (Å²) in [6.07, 6.45) is 4.58. The first-order valence-corrected chi connectivity index (χ1v) is 12.0. The molecule has 1 aromatic carbocycles. The lowest BCUT2D eigenvalue weighted by Gasteiger charge is -2.17. The number of nitrogens with one attached hydrogen (secondary N) is 1. The Morgan fingerprint density at radius 2 is 2.19 bits per heavy atom. The van der Waals surface area contributed by atoms with Crippen LogP contribution in [0.2, 0.25) is 0 Å². The second kappa shape index (κ2) is 9.25. The Morgan fingerprint density at radius 1 is 1.44 bits per heavy atom. The number of anilines is 1. The van der Waals surface area contributed by atoms with Crippen molar-refractivity contribution in [2.45, 2.75) is 37.9 Å². The van der Waals surface area contributed by atoms with E-state index in [0.717, 1.165) is 29.7 Å².